The van der Waals surface area contributed by atoms with Gasteiger partial charge in [0.1, 0.15) is 6.23 Å². The van der Waals surface area contributed by atoms with E-state index in [0.717, 1.165) is 5.69 Å². The molecule has 0 fully saturated rings. The number of hydrogen-bond donors (Lipinski definition) is 4. The van der Waals surface area contributed by atoms with Gasteiger partial charge in [-0.25, -0.2) is 0 Å². The summed E-state index contributed by atoms with van der Waals surface area (Å²) in [4.78, 5) is 0. The van der Waals surface area contributed by atoms with Crippen molar-refractivity contribution in [2.45, 2.75) is 32.1 Å². The second-order valence-corrected chi connectivity index (χ2v) is 4.11. The zero-order valence-electron chi connectivity index (χ0n) is 10.1. The fraction of sp³-hybridized carbons (Fsp3) is 0.538. The molecule has 0 saturated carbocycles. The molecule has 1 unspecified atom stereocenters. The molecule has 0 saturated heterocycles. The molecule has 96 valence electrons. The molecule has 0 aromatic heterocycles. The topological polar surface area (TPSA) is 72.7 Å². The summed E-state index contributed by atoms with van der Waals surface area (Å²) in [5.41, 5.74) is 0.797. The van der Waals surface area contributed by atoms with Crippen LogP contribution in [0.4, 0.5) is 5.69 Å². The van der Waals surface area contributed by atoms with Crippen molar-refractivity contribution in [3.63, 3.8) is 0 Å². The molecule has 0 aliphatic rings. The van der Waals surface area contributed by atoms with Crippen LogP contribution in [0.2, 0.25) is 0 Å². The number of nitrogens with one attached hydrogen (secondary N) is 1. The summed E-state index contributed by atoms with van der Waals surface area (Å²) in [5, 5.41) is 31.7. The summed E-state index contributed by atoms with van der Waals surface area (Å²) in [5.74, 6) is -0.370. The maximum Gasteiger partial charge on any atom is 0.129 e. The highest BCUT2D eigenvalue weighted by atomic mass is 16.3. The first-order valence-electron chi connectivity index (χ1n) is 5.97. The zero-order valence-corrected chi connectivity index (χ0v) is 10.1. The lowest BCUT2D eigenvalue weighted by molar-refractivity contribution is 0.0113. The lowest BCUT2D eigenvalue weighted by atomic mass is 9.95. The molecule has 1 aromatic carbocycles. The van der Waals surface area contributed by atoms with Gasteiger partial charge >= 0.3 is 0 Å². The van der Waals surface area contributed by atoms with Crippen molar-refractivity contribution in [2.24, 2.45) is 5.92 Å². The third-order valence-corrected chi connectivity index (χ3v) is 2.87. The zero-order chi connectivity index (χ0) is 12.7. The molecule has 4 N–H and O–H groups in total. The number of benzene rings is 1. The average Bonchev–Trinajstić information content (AvgIpc) is 2.36. The Hall–Kier alpha value is -1.10. The van der Waals surface area contributed by atoms with Gasteiger partial charge in [-0.2, -0.15) is 0 Å². The Morgan fingerprint density at radius 1 is 1.18 bits per heavy atom. The highest BCUT2D eigenvalue weighted by Gasteiger charge is 2.25. The number of hydrogen-bond acceptors (Lipinski definition) is 4. The minimum absolute atomic E-state index is 0.0464. The van der Waals surface area contributed by atoms with E-state index in [4.69, 9.17) is 5.11 Å². The second kappa shape index (κ2) is 7.27. The van der Waals surface area contributed by atoms with Crippen LogP contribution in [0.3, 0.4) is 0 Å². The fourth-order valence-electron chi connectivity index (χ4n) is 1.82. The lowest BCUT2D eigenvalue weighted by Crippen LogP contribution is -2.37. The van der Waals surface area contributed by atoms with Crippen LogP contribution in [0.5, 0.6) is 0 Å². The summed E-state index contributed by atoms with van der Waals surface area (Å²) in [6.07, 6.45) is -0.554. The molecule has 1 aromatic rings. The van der Waals surface area contributed by atoms with E-state index < -0.39 is 12.3 Å². The molecule has 0 spiro atoms. The predicted octanol–water partition coefficient (Wildman–Crippen LogP) is 1.19. The molecule has 0 heterocycles. The van der Waals surface area contributed by atoms with Gasteiger partial charge in [0.05, 0.1) is 6.10 Å². The van der Waals surface area contributed by atoms with Crippen LogP contribution in [-0.2, 0) is 0 Å². The van der Waals surface area contributed by atoms with Gasteiger partial charge in [-0.05, 0) is 25.0 Å². The van der Waals surface area contributed by atoms with E-state index in [-0.39, 0.29) is 12.5 Å². The van der Waals surface area contributed by atoms with Crippen LogP contribution in [0.15, 0.2) is 30.3 Å². The molecule has 0 bridgehead atoms. The molecule has 1 rings (SSSR count). The number of para-hydroxylation sites is 1. The van der Waals surface area contributed by atoms with Crippen LogP contribution in [0.25, 0.3) is 0 Å². The average molecular weight is 239 g/mol. The SMILES string of the molecule is CC[C@H](O)[C@H](CCO)C(O)Nc1ccccc1. The van der Waals surface area contributed by atoms with Gasteiger partial charge in [0, 0.05) is 18.2 Å². The minimum Gasteiger partial charge on any atom is -0.396 e. The molecule has 0 radical (unpaired) electrons. The standard InChI is InChI=1S/C13H21NO3/c1-2-12(16)11(8-9-15)13(17)14-10-6-4-3-5-7-10/h3-7,11-17H,2,8-9H2,1H3/t11-,12-,13?/m0/s1. The van der Waals surface area contributed by atoms with Gasteiger partial charge < -0.3 is 20.6 Å². The van der Waals surface area contributed by atoms with Gasteiger partial charge in [-0.1, -0.05) is 25.1 Å². The first-order valence-corrected chi connectivity index (χ1v) is 5.97. The Morgan fingerprint density at radius 3 is 2.35 bits per heavy atom. The van der Waals surface area contributed by atoms with Crippen LogP contribution in [0, 0.1) is 5.92 Å². The summed E-state index contributed by atoms with van der Waals surface area (Å²) in [6.45, 7) is 1.81. The number of rotatable bonds is 7. The van der Waals surface area contributed by atoms with Gasteiger partial charge in [-0.3, -0.25) is 0 Å². The molecular weight excluding hydrogens is 218 g/mol. The number of aliphatic hydroxyl groups excluding tert-OH is 3. The largest absolute Gasteiger partial charge is 0.396 e. The highest BCUT2D eigenvalue weighted by molar-refractivity contribution is 5.42. The summed E-state index contributed by atoms with van der Waals surface area (Å²) < 4.78 is 0. The molecule has 0 aliphatic heterocycles. The highest BCUT2D eigenvalue weighted by Crippen LogP contribution is 2.18. The Balaban J connectivity index is 2.61. The third-order valence-electron chi connectivity index (χ3n) is 2.87. The second-order valence-electron chi connectivity index (χ2n) is 4.11. The maximum absolute atomic E-state index is 10.0. The van der Waals surface area contributed by atoms with Crippen molar-refractivity contribution < 1.29 is 15.3 Å². The Kier molecular flexibility index (Phi) is 5.97. The normalized spacial score (nSPS) is 16.2. The molecule has 17 heavy (non-hydrogen) atoms. The smallest absolute Gasteiger partial charge is 0.129 e. The number of anilines is 1. The van der Waals surface area contributed by atoms with E-state index in [1.165, 1.54) is 0 Å². The van der Waals surface area contributed by atoms with E-state index in [1.807, 2.05) is 37.3 Å². The lowest BCUT2D eigenvalue weighted by Gasteiger charge is -2.27. The van der Waals surface area contributed by atoms with Gasteiger partial charge in [0.15, 0.2) is 0 Å². The van der Waals surface area contributed by atoms with E-state index in [1.54, 1.807) is 0 Å². The van der Waals surface area contributed by atoms with Crippen molar-refractivity contribution >= 4 is 5.69 Å². The minimum atomic E-state index is -0.862. The number of aliphatic hydroxyl groups is 3. The van der Waals surface area contributed by atoms with E-state index in [9.17, 15) is 10.2 Å². The van der Waals surface area contributed by atoms with Gasteiger partial charge in [0.2, 0.25) is 0 Å². The molecule has 4 heteroatoms. The van der Waals surface area contributed by atoms with Crippen molar-refractivity contribution in [3.8, 4) is 0 Å². The van der Waals surface area contributed by atoms with Crippen molar-refractivity contribution in [1.29, 1.82) is 0 Å². The van der Waals surface area contributed by atoms with Crippen LogP contribution in [0.1, 0.15) is 19.8 Å². The van der Waals surface area contributed by atoms with Gasteiger partial charge in [0.25, 0.3) is 0 Å². The van der Waals surface area contributed by atoms with Gasteiger partial charge in [-0.15, -0.1) is 0 Å². The Morgan fingerprint density at radius 2 is 1.82 bits per heavy atom. The molecule has 0 amide bonds. The quantitative estimate of drug-likeness (QED) is 0.539. The fourth-order valence-corrected chi connectivity index (χ4v) is 1.82. The summed E-state index contributed by atoms with van der Waals surface area (Å²) in [7, 11) is 0. The van der Waals surface area contributed by atoms with Crippen LogP contribution < -0.4 is 5.32 Å². The first-order chi connectivity index (χ1) is 8.19. The molecule has 4 nitrogen and oxygen atoms in total. The Labute approximate surface area is 102 Å². The van der Waals surface area contributed by atoms with Crippen molar-refractivity contribution in [3.05, 3.63) is 30.3 Å². The van der Waals surface area contributed by atoms with E-state index >= 15 is 0 Å². The monoisotopic (exact) mass is 239 g/mol. The predicted molar refractivity (Wildman–Crippen MR) is 67.6 cm³/mol. The van der Waals surface area contributed by atoms with E-state index in [0.29, 0.717) is 12.8 Å². The first kappa shape index (κ1) is 14.0. The summed E-state index contributed by atoms with van der Waals surface area (Å²) >= 11 is 0. The molecule has 3 atom stereocenters. The molecular formula is C13H21NO3. The van der Waals surface area contributed by atoms with Crippen molar-refractivity contribution in [2.75, 3.05) is 11.9 Å². The third kappa shape index (κ3) is 4.34. The maximum atomic E-state index is 10.0. The van der Waals surface area contributed by atoms with Crippen LogP contribution in [-0.4, -0.2) is 34.3 Å². The van der Waals surface area contributed by atoms with Crippen LogP contribution >= 0.6 is 0 Å². The Bertz CT molecular complexity index is 305. The molecule has 0 aliphatic carbocycles. The van der Waals surface area contributed by atoms with Crippen molar-refractivity contribution in [1.82, 2.24) is 0 Å². The summed E-state index contributed by atoms with van der Waals surface area (Å²) in [6, 6.07) is 9.32. The van der Waals surface area contributed by atoms with E-state index in [2.05, 4.69) is 5.32 Å².